The molecule has 6 N–H and O–H groups in total. The van der Waals surface area contributed by atoms with E-state index in [2.05, 4.69) is 30.6 Å². The van der Waals surface area contributed by atoms with E-state index >= 15 is 0 Å². The van der Waals surface area contributed by atoms with Gasteiger partial charge in [0.2, 0.25) is 17.7 Å². The number of hydrogen-bond donors (Lipinski definition) is 5. The Hall–Kier alpha value is -3.38. The highest BCUT2D eigenvalue weighted by Gasteiger charge is 2.35. The number of nitrogens with two attached hydrogens (primary N) is 1. The number of nitrogens with zero attached hydrogens (tertiary/aromatic N) is 2. The minimum absolute atomic E-state index is 0.125. The smallest absolute Gasteiger partial charge is 0.355 e. The molecule has 18 heteroatoms. The van der Waals surface area contributed by atoms with Gasteiger partial charge in [-0.05, 0) is 34.7 Å². The molecule has 1 fully saturated rings. The van der Waals surface area contributed by atoms with Crippen molar-refractivity contribution >= 4 is 65.6 Å². The molecule has 0 aliphatic carbocycles. The van der Waals surface area contributed by atoms with Gasteiger partial charge in [-0.2, -0.15) is 0 Å². The van der Waals surface area contributed by atoms with Crippen LogP contribution in [0.1, 0.15) is 45.4 Å². The topological polar surface area (TPSA) is 228 Å². The molecular formula is C20H33N7O9P2. The van der Waals surface area contributed by atoms with Crippen LogP contribution in [0.2, 0.25) is 0 Å². The van der Waals surface area contributed by atoms with E-state index in [0.29, 0.717) is 26.8 Å². The molecule has 212 valence electrons. The van der Waals surface area contributed by atoms with Crippen LogP contribution >= 0.6 is 18.2 Å². The molecule has 0 saturated carbocycles. The summed E-state index contributed by atoms with van der Waals surface area (Å²) in [7, 11) is 2.12. The van der Waals surface area contributed by atoms with Gasteiger partial charge in [0.25, 0.3) is 11.8 Å². The Labute approximate surface area is 223 Å². The second kappa shape index (κ2) is 17.2. The van der Waals surface area contributed by atoms with Gasteiger partial charge in [-0.15, -0.1) is 5.06 Å². The average Bonchev–Trinajstić information content (AvgIpc) is 3.18. The van der Waals surface area contributed by atoms with Gasteiger partial charge in [0.05, 0.1) is 16.0 Å². The fraction of sp³-hybridized carbons (Fsp3) is 0.600. The number of hydroxylamine groups is 2. The van der Waals surface area contributed by atoms with Gasteiger partial charge >= 0.3 is 11.9 Å². The molecule has 1 heterocycles. The van der Waals surface area contributed by atoms with Crippen LogP contribution in [0.5, 0.6) is 0 Å². The van der Waals surface area contributed by atoms with E-state index in [1.54, 1.807) is 9.47 Å². The molecule has 0 aromatic heterocycles. The Morgan fingerprint density at radius 1 is 1.11 bits per heavy atom. The second-order valence-corrected chi connectivity index (χ2v) is 8.88. The van der Waals surface area contributed by atoms with E-state index < -0.39 is 60.1 Å². The summed E-state index contributed by atoms with van der Waals surface area (Å²) in [5.41, 5.74) is 5.65. The van der Waals surface area contributed by atoms with E-state index in [1.807, 2.05) is 6.66 Å². The maximum absolute atomic E-state index is 12.6. The van der Waals surface area contributed by atoms with Gasteiger partial charge in [0.15, 0.2) is 5.96 Å². The van der Waals surface area contributed by atoms with Crippen molar-refractivity contribution in [2.75, 3.05) is 19.8 Å². The molecule has 5 amide bonds. The number of imide groups is 1. The number of amides is 5. The molecule has 0 spiro atoms. The first kappa shape index (κ1) is 32.6. The van der Waals surface area contributed by atoms with E-state index in [9.17, 15) is 33.6 Å². The van der Waals surface area contributed by atoms with Crippen molar-refractivity contribution in [3.05, 3.63) is 0 Å². The molecular weight excluding hydrogens is 544 g/mol. The van der Waals surface area contributed by atoms with Crippen LogP contribution in [0.4, 0.5) is 0 Å². The zero-order valence-electron chi connectivity index (χ0n) is 21.0. The lowest BCUT2D eigenvalue weighted by molar-refractivity contribution is -0.199. The highest BCUT2D eigenvalue weighted by Crippen LogP contribution is 2.14. The van der Waals surface area contributed by atoms with Crippen molar-refractivity contribution in [3.63, 3.8) is 0 Å². The third kappa shape index (κ3) is 12.2. The first-order valence-corrected chi connectivity index (χ1v) is 13.5. The number of aliphatic imine (C=N–C) groups is 1. The van der Waals surface area contributed by atoms with Crippen LogP contribution in [0.25, 0.3) is 0 Å². The molecule has 0 aromatic carbocycles. The summed E-state index contributed by atoms with van der Waals surface area (Å²) >= 11 is 0. The lowest BCUT2D eigenvalue weighted by Gasteiger charge is -2.21. The second-order valence-electron chi connectivity index (χ2n) is 7.90. The van der Waals surface area contributed by atoms with Crippen LogP contribution < -0.4 is 26.8 Å². The lowest BCUT2D eigenvalue weighted by atomic mass is 10.1. The van der Waals surface area contributed by atoms with Gasteiger partial charge in [0.1, 0.15) is 12.1 Å². The summed E-state index contributed by atoms with van der Waals surface area (Å²) in [5, 5.41) is 10.3. The number of hydrogen-bond acceptors (Lipinski definition) is 10. The van der Waals surface area contributed by atoms with Crippen molar-refractivity contribution in [2.24, 2.45) is 10.7 Å². The Kier molecular flexibility index (Phi) is 14.8. The van der Waals surface area contributed by atoms with Gasteiger partial charge in [-0.3, -0.25) is 33.8 Å². The number of rotatable bonds is 15. The maximum Gasteiger partial charge on any atom is 0.355 e. The summed E-state index contributed by atoms with van der Waals surface area (Å²) in [6.07, 6.45) is -0.202. The normalized spacial score (nSPS) is 15.1. The first-order valence-electron chi connectivity index (χ1n) is 11.5. The van der Waals surface area contributed by atoms with Crippen molar-refractivity contribution in [1.29, 1.82) is 0 Å². The summed E-state index contributed by atoms with van der Waals surface area (Å²) < 4.78 is 4.44. The Balaban J connectivity index is 2.72. The Morgan fingerprint density at radius 3 is 2.34 bits per heavy atom. The third-order valence-electron chi connectivity index (χ3n) is 4.88. The van der Waals surface area contributed by atoms with E-state index in [-0.39, 0.29) is 38.1 Å². The molecule has 1 aliphatic heterocycles. The first-order chi connectivity index (χ1) is 18.0. The van der Waals surface area contributed by atoms with E-state index in [1.165, 1.54) is 6.92 Å². The van der Waals surface area contributed by atoms with Crippen molar-refractivity contribution < 1.29 is 42.9 Å². The SMILES string of the molecule is CPNC(N)=NCCC[C@H](NC(C)=O)C(=O)NCC(=O)NC(CCC(=O)OP)C(=O)ON1C(=O)CCC1=O. The van der Waals surface area contributed by atoms with Gasteiger partial charge < -0.3 is 36.1 Å². The molecule has 0 aromatic rings. The largest absolute Gasteiger partial charge is 0.452 e. The maximum atomic E-state index is 12.6. The van der Waals surface area contributed by atoms with Gasteiger partial charge in [-0.1, -0.05) is 0 Å². The molecule has 4 atom stereocenters. The molecule has 1 rings (SSSR count). The predicted octanol–water partition coefficient (Wildman–Crippen LogP) is -2.28. The van der Waals surface area contributed by atoms with E-state index in [0.717, 1.165) is 0 Å². The molecule has 3 unspecified atom stereocenters. The van der Waals surface area contributed by atoms with Crippen molar-refractivity contribution in [2.45, 2.75) is 57.5 Å². The van der Waals surface area contributed by atoms with Crippen LogP contribution in [0, 0.1) is 0 Å². The monoisotopic (exact) mass is 577 g/mol. The number of carbonyl (C=O) groups excluding carboxylic acids is 7. The number of carbonyl (C=O) groups is 7. The number of guanidine groups is 1. The van der Waals surface area contributed by atoms with Crippen molar-refractivity contribution in [1.82, 2.24) is 26.1 Å². The lowest BCUT2D eigenvalue weighted by Crippen LogP contribution is -2.51. The standard InChI is InChI=1S/C20H33N7O9P2/c1-11(28)24-12(4-3-9-22-20(21)26-38-2)18(33)23-10-14(29)25-13(5-8-17(32)36-37)19(34)35-27-15(30)6-7-16(27)31/h12-13,38H,3-10,37H2,1-2H3,(H,23,33)(H,24,28)(H,25,29)(H3,21,22,26)/t12-,13?/m0/s1. The molecule has 38 heavy (non-hydrogen) atoms. The van der Waals surface area contributed by atoms with Crippen LogP contribution in [-0.4, -0.2) is 84.3 Å². The summed E-state index contributed by atoms with van der Waals surface area (Å²) in [6, 6.07) is -2.39. The Bertz CT molecular complexity index is 932. The minimum atomic E-state index is -1.43. The zero-order chi connectivity index (χ0) is 28.7. The van der Waals surface area contributed by atoms with Crippen molar-refractivity contribution in [3.8, 4) is 0 Å². The quantitative estimate of drug-likeness (QED) is 0.0458. The fourth-order valence-corrected chi connectivity index (χ4v) is 3.55. The highest BCUT2D eigenvalue weighted by atomic mass is 31.1. The minimum Gasteiger partial charge on any atom is -0.452 e. The van der Waals surface area contributed by atoms with Gasteiger partial charge in [-0.25, -0.2) is 4.79 Å². The molecule has 0 radical (unpaired) electrons. The Morgan fingerprint density at radius 2 is 1.76 bits per heavy atom. The third-order valence-corrected chi connectivity index (χ3v) is 5.65. The zero-order valence-corrected chi connectivity index (χ0v) is 23.2. The fourth-order valence-electron chi connectivity index (χ4n) is 3.09. The number of nitrogens with one attached hydrogen (secondary N) is 4. The van der Waals surface area contributed by atoms with Crippen LogP contribution in [0.15, 0.2) is 4.99 Å². The van der Waals surface area contributed by atoms with E-state index in [4.69, 9.17) is 10.6 Å². The summed E-state index contributed by atoms with van der Waals surface area (Å²) in [6.45, 7) is 2.84. The van der Waals surface area contributed by atoms with Gasteiger partial charge in [0, 0.05) is 32.7 Å². The highest BCUT2D eigenvalue weighted by molar-refractivity contribution is 7.35. The van der Waals surface area contributed by atoms with Crippen LogP contribution in [0.3, 0.4) is 0 Å². The molecule has 16 nitrogen and oxygen atoms in total. The molecule has 0 bridgehead atoms. The average molecular weight is 577 g/mol. The van der Waals surface area contributed by atoms with Crippen LogP contribution in [-0.2, 0) is 42.9 Å². The predicted molar refractivity (Wildman–Crippen MR) is 138 cm³/mol. The summed E-state index contributed by atoms with van der Waals surface area (Å²) in [5.74, 6) is -4.98. The summed E-state index contributed by atoms with van der Waals surface area (Å²) in [4.78, 5) is 92.9. The molecule has 1 aliphatic rings. The molecule has 1 saturated heterocycles.